The van der Waals surface area contributed by atoms with E-state index < -0.39 is 0 Å². The van der Waals surface area contributed by atoms with Crippen LogP contribution in [0.1, 0.15) is 12.0 Å². The topological polar surface area (TPSA) is 29.1 Å². The smallest absolute Gasteiger partial charge is 0.224 e. The Bertz CT molecular complexity index is 830. The lowest BCUT2D eigenvalue weighted by Crippen LogP contribution is -2.13. The zero-order valence-electron chi connectivity index (χ0n) is 13.2. The summed E-state index contributed by atoms with van der Waals surface area (Å²) >= 11 is 3.52. The van der Waals surface area contributed by atoms with Gasteiger partial charge in [0.15, 0.2) is 0 Å². The highest BCUT2D eigenvalue weighted by molar-refractivity contribution is 9.10. The Hall–Kier alpha value is -2.39. The molecule has 0 saturated heterocycles. The molecule has 3 aromatic rings. The summed E-state index contributed by atoms with van der Waals surface area (Å²) in [7, 11) is 0. The first kappa shape index (κ1) is 16.5. The fourth-order valence-corrected chi connectivity index (χ4v) is 3.11. The van der Waals surface area contributed by atoms with Gasteiger partial charge in [-0.25, -0.2) is 0 Å². The van der Waals surface area contributed by atoms with E-state index >= 15 is 0 Å². The molecule has 0 aliphatic carbocycles. The Kier molecular flexibility index (Phi) is 5.44. The number of nitrogens with one attached hydrogen (secondary N) is 1. The molecule has 0 aliphatic rings. The third-order valence-corrected chi connectivity index (χ3v) is 4.64. The van der Waals surface area contributed by atoms with E-state index in [2.05, 4.69) is 21.2 Å². The van der Waals surface area contributed by atoms with Crippen LogP contribution in [0.25, 0.3) is 11.1 Å². The summed E-state index contributed by atoms with van der Waals surface area (Å²) in [5.74, 6) is 0.0223. The number of hydrogen-bond acceptors (Lipinski definition) is 1. The van der Waals surface area contributed by atoms with Crippen molar-refractivity contribution in [2.24, 2.45) is 0 Å². The SMILES string of the molecule is O=C(CCc1ccccc1Br)Nc1ccccc1-c1ccccc1. The van der Waals surface area contributed by atoms with Crippen molar-refractivity contribution in [1.82, 2.24) is 0 Å². The Morgan fingerprint density at radius 1 is 0.833 bits per heavy atom. The average Bonchev–Trinajstić information content (AvgIpc) is 2.62. The lowest BCUT2D eigenvalue weighted by atomic mass is 10.0. The molecule has 3 rings (SSSR count). The van der Waals surface area contributed by atoms with Crippen LogP contribution in [0.2, 0.25) is 0 Å². The predicted molar refractivity (Wildman–Crippen MR) is 103 cm³/mol. The van der Waals surface area contributed by atoms with Crippen LogP contribution in [0.4, 0.5) is 5.69 Å². The van der Waals surface area contributed by atoms with Crippen LogP contribution in [0.15, 0.2) is 83.3 Å². The monoisotopic (exact) mass is 379 g/mol. The van der Waals surface area contributed by atoms with Crippen molar-refractivity contribution >= 4 is 27.5 Å². The number of carbonyl (C=O) groups excluding carboxylic acids is 1. The van der Waals surface area contributed by atoms with Crippen LogP contribution in [0.5, 0.6) is 0 Å². The van der Waals surface area contributed by atoms with Gasteiger partial charge in [0.1, 0.15) is 0 Å². The van der Waals surface area contributed by atoms with Gasteiger partial charge >= 0.3 is 0 Å². The maximum atomic E-state index is 12.4. The second-order valence-electron chi connectivity index (χ2n) is 5.55. The van der Waals surface area contributed by atoms with Crippen molar-refractivity contribution in [3.63, 3.8) is 0 Å². The molecule has 0 atom stereocenters. The van der Waals surface area contributed by atoms with Gasteiger partial charge < -0.3 is 5.32 Å². The zero-order chi connectivity index (χ0) is 16.8. The largest absolute Gasteiger partial charge is 0.326 e. The standard InChI is InChI=1S/C21H18BrNO/c22-19-12-6-4-10-17(19)14-15-21(24)23-20-13-7-5-11-18(20)16-8-2-1-3-9-16/h1-13H,14-15H2,(H,23,24). The van der Waals surface area contributed by atoms with Gasteiger partial charge in [0.25, 0.3) is 0 Å². The fraction of sp³-hybridized carbons (Fsp3) is 0.0952. The molecule has 0 heterocycles. The van der Waals surface area contributed by atoms with Crippen LogP contribution >= 0.6 is 15.9 Å². The van der Waals surface area contributed by atoms with Gasteiger partial charge in [-0.15, -0.1) is 0 Å². The van der Waals surface area contributed by atoms with Crippen molar-refractivity contribution in [1.29, 1.82) is 0 Å². The minimum atomic E-state index is 0.0223. The predicted octanol–water partition coefficient (Wildman–Crippen LogP) is 5.69. The van der Waals surface area contributed by atoms with Crippen molar-refractivity contribution < 1.29 is 4.79 Å². The summed E-state index contributed by atoms with van der Waals surface area (Å²) in [6, 6.07) is 26.0. The number of para-hydroxylation sites is 1. The number of aryl methyl sites for hydroxylation is 1. The van der Waals surface area contributed by atoms with Gasteiger partial charge in [0, 0.05) is 22.1 Å². The minimum Gasteiger partial charge on any atom is -0.326 e. The van der Waals surface area contributed by atoms with Crippen LogP contribution in [-0.2, 0) is 11.2 Å². The molecule has 0 bridgehead atoms. The highest BCUT2D eigenvalue weighted by atomic mass is 79.9. The minimum absolute atomic E-state index is 0.0223. The lowest BCUT2D eigenvalue weighted by Gasteiger charge is -2.11. The number of anilines is 1. The Balaban J connectivity index is 1.70. The fourth-order valence-electron chi connectivity index (χ4n) is 2.62. The summed E-state index contributed by atoms with van der Waals surface area (Å²) in [4.78, 5) is 12.4. The summed E-state index contributed by atoms with van der Waals surface area (Å²) < 4.78 is 1.04. The van der Waals surface area contributed by atoms with Gasteiger partial charge in [0.2, 0.25) is 5.91 Å². The molecular formula is C21H18BrNO. The van der Waals surface area contributed by atoms with E-state index in [1.807, 2.05) is 78.9 Å². The maximum Gasteiger partial charge on any atom is 0.224 e. The number of rotatable bonds is 5. The molecule has 0 saturated carbocycles. The van der Waals surface area contributed by atoms with Gasteiger partial charge in [-0.2, -0.15) is 0 Å². The number of carbonyl (C=O) groups is 1. The first-order valence-electron chi connectivity index (χ1n) is 7.92. The molecule has 3 aromatic carbocycles. The molecule has 0 spiro atoms. The summed E-state index contributed by atoms with van der Waals surface area (Å²) in [5, 5.41) is 3.04. The number of hydrogen-bond donors (Lipinski definition) is 1. The summed E-state index contributed by atoms with van der Waals surface area (Å²) in [5.41, 5.74) is 4.12. The van der Waals surface area contributed by atoms with E-state index in [9.17, 15) is 4.79 Å². The second-order valence-corrected chi connectivity index (χ2v) is 6.41. The van der Waals surface area contributed by atoms with Crippen LogP contribution in [0, 0.1) is 0 Å². The van der Waals surface area contributed by atoms with E-state index in [1.165, 1.54) is 0 Å². The van der Waals surface area contributed by atoms with Crippen molar-refractivity contribution in [2.45, 2.75) is 12.8 Å². The Labute approximate surface area is 150 Å². The Morgan fingerprint density at radius 2 is 1.50 bits per heavy atom. The molecule has 2 nitrogen and oxygen atoms in total. The molecule has 0 fully saturated rings. The first-order chi connectivity index (χ1) is 11.7. The highest BCUT2D eigenvalue weighted by Crippen LogP contribution is 2.27. The van der Waals surface area contributed by atoms with Gasteiger partial charge in [-0.05, 0) is 29.7 Å². The quantitative estimate of drug-likeness (QED) is 0.606. The number of amides is 1. The molecule has 0 radical (unpaired) electrons. The van der Waals surface area contributed by atoms with E-state index in [-0.39, 0.29) is 5.91 Å². The van der Waals surface area contributed by atoms with Gasteiger partial charge in [-0.3, -0.25) is 4.79 Å². The van der Waals surface area contributed by atoms with Crippen LogP contribution < -0.4 is 5.32 Å². The molecule has 3 heteroatoms. The van der Waals surface area contributed by atoms with Gasteiger partial charge in [0.05, 0.1) is 0 Å². The molecule has 1 N–H and O–H groups in total. The second kappa shape index (κ2) is 7.93. The number of halogens is 1. The van der Waals surface area contributed by atoms with Crippen molar-refractivity contribution in [2.75, 3.05) is 5.32 Å². The maximum absolute atomic E-state index is 12.4. The van der Waals surface area contributed by atoms with E-state index in [1.54, 1.807) is 0 Å². The molecule has 0 aromatic heterocycles. The van der Waals surface area contributed by atoms with E-state index in [4.69, 9.17) is 0 Å². The molecule has 24 heavy (non-hydrogen) atoms. The van der Waals surface area contributed by atoms with Crippen molar-refractivity contribution in [3.05, 3.63) is 88.9 Å². The van der Waals surface area contributed by atoms with E-state index in [0.29, 0.717) is 12.8 Å². The summed E-state index contributed by atoms with van der Waals surface area (Å²) in [6.45, 7) is 0. The normalized spacial score (nSPS) is 10.4. The Morgan fingerprint density at radius 3 is 2.29 bits per heavy atom. The zero-order valence-corrected chi connectivity index (χ0v) is 14.8. The number of benzene rings is 3. The average molecular weight is 380 g/mol. The molecule has 0 aliphatic heterocycles. The highest BCUT2D eigenvalue weighted by Gasteiger charge is 2.09. The van der Waals surface area contributed by atoms with Gasteiger partial charge in [-0.1, -0.05) is 82.7 Å². The van der Waals surface area contributed by atoms with E-state index in [0.717, 1.165) is 26.9 Å². The third-order valence-electron chi connectivity index (χ3n) is 3.87. The molecule has 1 amide bonds. The van der Waals surface area contributed by atoms with Crippen LogP contribution in [0.3, 0.4) is 0 Å². The first-order valence-corrected chi connectivity index (χ1v) is 8.71. The summed E-state index contributed by atoms with van der Waals surface area (Å²) in [6.07, 6.45) is 1.16. The lowest BCUT2D eigenvalue weighted by molar-refractivity contribution is -0.116. The molecular weight excluding hydrogens is 362 g/mol. The third kappa shape index (κ3) is 4.12. The van der Waals surface area contributed by atoms with Crippen molar-refractivity contribution in [3.8, 4) is 11.1 Å². The van der Waals surface area contributed by atoms with Crippen LogP contribution in [-0.4, -0.2) is 5.91 Å². The molecule has 120 valence electrons. The molecule has 0 unspecified atom stereocenters.